The average molecular weight is 241 g/mol. The van der Waals surface area contributed by atoms with Gasteiger partial charge in [0.15, 0.2) is 5.58 Å². The van der Waals surface area contributed by atoms with Crippen molar-refractivity contribution in [2.24, 2.45) is 0 Å². The summed E-state index contributed by atoms with van der Waals surface area (Å²) in [6.45, 7) is 2.07. The van der Waals surface area contributed by atoms with E-state index < -0.39 is 0 Å². The van der Waals surface area contributed by atoms with Crippen molar-refractivity contribution in [1.82, 2.24) is 5.16 Å². The van der Waals surface area contributed by atoms with Crippen molar-refractivity contribution in [3.05, 3.63) is 48.0 Å². The van der Waals surface area contributed by atoms with Crippen LogP contribution in [0.25, 0.3) is 22.2 Å². The normalized spacial score (nSPS) is 10.9. The van der Waals surface area contributed by atoms with E-state index in [1.807, 2.05) is 18.2 Å². The second-order valence-electron chi connectivity index (χ2n) is 4.15. The molecule has 0 saturated heterocycles. The van der Waals surface area contributed by atoms with Crippen molar-refractivity contribution in [1.29, 1.82) is 0 Å². The van der Waals surface area contributed by atoms with Crippen LogP contribution >= 0.6 is 9.24 Å². The Hall–Kier alpha value is -1.66. The van der Waals surface area contributed by atoms with Crippen LogP contribution in [0.3, 0.4) is 0 Å². The Bertz CT molecular complexity index is 670. The van der Waals surface area contributed by atoms with Crippen LogP contribution in [0.4, 0.5) is 0 Å². The van der Waals surface area contributed by atoms with Gasteiger partial charge in [0.2, 0.25) is 0 Å². The van der Waals surface area contributed by atoms with Crippen molar-refractivity contribution in [3.63, 3.8) is 0 Å². The van der Waals surface area contributed by atoms with Gasteiger partial charge in [-0.25, -0.2) is 0 Å². The molecule has 1 aromatic heterocycles. The first-order valence-electron chi connectivity index (χ1n) is 5.46. The van der Waals surface area contributed by atoms with Gasteiger partial charge in [0, 0.05) is 10.9 Å². The highest BCUT2D eigenvalue weighted by molar-refractivity contribution is 7.27. The number of aryl methyl sites for hydroxylation is 1. The summed E-state index contributed by atoms with van der Waals surface area (Å²) in [6, 6.07) is 14.4. The molecule has 2 nitrogen and oxygen atoms in total. The number of nitrogens with zero attached hydrogens (tertiary/aromatic N) is 1. The van der Waals surface area contributed by atoms with Gasteiger partial charge in [-0.2, -0.15) is 0 Å². The average Bonchev–Trinajstić information content (AvgIpc) is 2.73. The van der Waals surface area contributed by atoms with Crippen molar-refractivity contribution in [2.75, 3.05) is 0 Å². The first-order valence-corrected chi connectivity index (χ1v) is 6.04. The molecule has 84 valence electrons. The molecule has 0 saturated carbocycles. The predicted octanol–water partition coefficient (Wildman–Crippen LogP) is 3.30. The van der Waals surface area contributed by atoms with Crippen LogP contribution in [0.15, 0.2) is 47.0 Å². The topological polar surface area (TPSA) is 26.0 Å². The lowest BCUT2D eigenvalue weighted by Crippen LogP contribution is -1.86. The summed E-state index contributed by atoms with van der Waals surface area (Å²) >= 11 is 0. The Morgan fingerprint density at radius 2 is 1.82 bits per heavy atom. The molecular weight excluding hydrogens is 229 g/mol. The number of benzene rings is 2. The minimum atomic E-state index is 0.827. The molecule has 0 aliphatic rings. The molecule has 3 rings (SSSR count). The van der Waals surface area contributed by atoms with E-state index in [2.05, 4.69) is 45.6 Å². The number of hydrogen-bond donors (Lipinski definition) is 0. The molecule has 2 aromatic carbocycles. The zero-order chi connectivity index (χ0) is 11.8. The van der Waals surface area contributed by atoms with Crippen LogP contribution in [0.5, 0.6) is 0 Å². The smallest absolute Gasteiger partial charge is 0.168 e. The van der Waals surface area contributed by atoms with E-state index in [4.69, 9.17) is 4.52 Å². The molecule has 3 heteroatoms. The van der Waals surface area contributed by atoms with Gasteiger partial charge in [0.25, 0.3) is 0 Å². The fourth-order valence-corrected chi connectivity index (χ4v) is 2.12. The molecule has 0 N–H and O–H groups in total. The van der Waals surface area contributed by atoms with Gasteiger partial charge in [0.05, 0.1) is 0 Å². The third-order valence-electron chi connectivity index (χ3n) is 2.82. The highest BCUT2D eigenvalue weighted by Crippen LogP contribution is 2.27. The number of hydrogen-bond acceptors (Lipinski definition) is 2. The third kappa shape index (κ3) is 1.85. The van der Waals surface area contributed by atoms with Gasteiger partial charge in [-0.15, -0.1) is 9.24 Å². The monoisotopic (exact) mass is 241 g/mol. The first kappa shape index (κ1) is 10.5. The minimum absolute atomic E-state index is 0.827. The van der Waals surface area contributed by atoms with Crippen LogP contribution in [0.2, 0.25) is 0 Å². The van der Waals surface area contributed by atoms with E-state index in [0.29, 0.717) is 0 Å². The predicted molar refractivity (Wildman–Crippen MR) is 73.5 cm³/mol. The third-order valence-corrected chi connectivity index (χ3v) is 3.18. The van der Waals surface area contributed by atoms with Crippen molar-refractivity contribution in [2.45, 2.75) is 6.92 Å². The van der Waals surface area contributed by atoms with E-state index in [-0.39, 0.29) is 0 Å². The SMILES string of the molecule is Cc1ccc(-c2noc3cc(P)ccc23)cc1. The first-order chi connectivity index (χ1) is 8.24. The Morgan fingerprint density at radius 1 is 1.06 bits per heavy atom. The maximum Gasteiger partial charge on any atom is 0.168 e. The summed E-state index contributed by atoms with van der Waals surface area (Å²) in [5, 5.41) is 6.31. The van der Waals surface area contributed by atoms with Gasteiger partial charge in [-0.3, -0.25) is 0 Å². The molecule has 17 heavy (non-hydrogen) atoms. The van der Waals surface area contributed by atoms with Gasteiger partial charge in [-0.1, -0.05) is 41.1 Å². The van der Waals surface area contributed by atoms with Crippen LogP contribution in [-0.4, -0.2) is 5.16 Å². The molecule has 0 aliphatic carbocycles. The molecule has 0 bridgehead atoms. The molecule has 1 heterocycles. The van der Waals surface area contributed by atoms with Gasteiger partial charge in [-0.05, 0) is 24.4 Å². The Labute approximate surface area is 102 Å². The van der Waals surface area contributed by atoms with E-state index in [1.54, 1.807) is 0 Å². The van der Waals surface area contributed by atoms with Gasteiger partial charge in [0.1, 0.15) is 5.69 Å². The second kappa shape index (κ2) is 3.97. The summed E-state index contributed by atoms with van der Waals surface area (Å²) in [5.74, 6) is 0. The fourth-order valence-electron chi connectivity index (χ4n) is 1.87. The van der Waals surface area contributed by atoms with Crippen molar-refractivity contribution < 1.29 is 4.52 Å². The summed E-state index contributed by atoms with van der Waals surface area (Å²) < 4.78 is 5.35. The largest absolute Gasteiger partial charge is 0.356 e. The number of fused-ring (bicyclic) bond motifs is 1. The van der Waals surface area contributed by atoms with Crippen LogP contribution in [-0.2, 0) is 0 Å². The summed E-state index contributed by atoms with van der Waals surface area (Å²) in [6.07, 6.45) is 0. The molecule has 3 aromatic rings. The Morgan fingerprint density at radius 3 is 2.59 bits per heavy atom. The van der Waals surface area contributed by atoms with E-state index in [9.17, 15) is 0 Å². The van der Waals surface area contributed by atoms with Crippen molar-refractivity contribution >= 4 is 25.5 Å². The highest BCUT2D eigenvalue weighted by atomic mass is 31.0. The second-order valence-corrected chi connectivity index (χ2v) is 4.82. The molecule has 0 aliphatic heterocycles. The Kier molecular flexibility index (Phi) is 2.45. The Balaban J connectivity index is 2.21. The molecule has 1 unspecified atom stereocenters. The lowest BCUT2D eigenvalue weighted by atomic mass is 10.1. The quantitative estimate of drug-likeness (QED) is 0.611. The van der Waals surface area contributed by atoms with Crippen LogP contribution in [0, 0.1) is 6.92 Å². The molecule has 0 spiro atoms. The lowest BCUT2D eigenvalue weighted by molar-refractivity contribution is 0.459. The number of aromatic nitrogens is 1. The molecule has 0 amide bonds. The fraction of sp³-hybridized carbons (Fsp3) is 0.0714. The molecule has 0 radical (unpaired) electrons. The zero-order valence-corrected chi connectivity index (χ0v) is 10.6. The van der Waals surface area contributed by atoms with E-state index in [0.717, 1.165) is 27.5 Å². The molecular formula is C14H12NOP. The maximum absolute atomic E-state index is 5.35. The summed E-state index contributed by atoms with van der Waals surface area (Å²) in [5.41, 5.74) is 4.07. The zero-order valence-electron chi connectivity index (χ0n) is 9.47. The van der Waals surface area contributed by atoms with E-state index >= 15 is 0 Å². The van der Waals surface area contributed by atoms with E-state index in [1.165, 1.54) is 5.56 Å². The summed E-state index contributed by atoms with van der Waals surface area (Å²) in [4.78, 5) is 0. The standard InChI is InChI=1S/C14H12NOP/c1-9-2-4-10(5-3-9)14-12-7-6-11(17)8-13(12)16-15-14/h2-8H,17H2,1H3. The highest BCUT2D eigenvalue weighted by Gasteiger charge is 2.09. The lowest BCUT2D eigenvalue weighted by Gasteiger charge is -1.97. The van der Waals surface area contributed by atoms with Crippen LogP contribution in [0.1, 0.15) is 5.56 Å². The van der Waals surface area contributed by atoms with Gasteiger partial charge >= 0.3 is 0 Å². The summed E-state index contributed by atoms with van der Waals surface area (Å²) in [7, 11) is 2.66. The number of rotatable bonds is 1. The maximum atomic E-state index is 5.35. The molecule has 0 fully saturated rings. The van der Waals surface area contributed by atoms with Crippen LogP contribution < -0.4 is 5.30 Å². The van der Waals surface area contributed by atoms with Crippen molar-refractivity contribution in [3.8, 4) is 11.3 Å². The minimum Gasteiger partial charge on any atom is -0.356 e. The van der Waals surface area contributed by atoms with Gasteiger partial charge < -0.3 is 4.52 Å². The molecule has 1 atom stereocenters.